The minimum absolute atomic E-state index is 0.166. The predicted octanol–water partition coefficient (Wildman–Crippen LogP) is 2.36. The van der Waals surface area contributed by atoms with Gasteiger partial charge in [0, 0.05) is 55.7 Å². The van der Waals surface area contributed by atoms with E-state index in [-0.39, 0.29) is 12.7 Å². The standard InChI is InChI=1S/C22H26N4O4/c27-22(24-17-1-2-19-20(14-17)30-15-29-19)16-3-6-23-21(13-16)26-7-4-18(5-8-26)25-9-11-28-12-10-25/h1-3,6,13-14,18H,4-5,7-12,15H2,(H,24,27). The second-order valence-electron chi connectivity index (χ2n) is 7.79. The topological polar surface area (TPSA) is 76.2 Å². The van der Waals surface area contributed by atoms with Crippen molar-refractivity contribution in [2.75, 3.05) is 56.4 Å². The van der Waals surface area contributed by atoms with Crippen molar-refractivity contribution >= 4 is 17.4 Å². The monoisotopic (exact) mass is 410 g/mol. The van der Waals surface area contributed by atoms with Crippen molar-refractivity contribution in [3.05, 3.63) is 42.1 Å². The van der Waals surface area contributed by atoms with Gasteiger partial charge in [0.25, 0.3) is 5.91 Å². The van der Waals surface area contributed by atoms with Gasteiger partial charge in [0.05, 0.1) is 13.2 Å². The maximum absolute atomic E-state index is 12.8. The molecular weight excluding hydrogens is 384 g/mol. The van der Waals surface area contributed by atoms with Gasteiger partial charge in [-0.3, -0.25) is 9.69 Å². The summed E-state index contributed by atoms with van der Waals surface area (Å²) in [5.41, 5.74) is 1.27. The van der Waals surface area contributed by atoms with E-state index in [1.54, 1.807) is 24.4 Å². The van der Waals surface area contributed by atoms with E-state index in [4.69, 9.17) is 14.2 Å². The first-order valence-electron chi connectivity index (χ1n) is 10.5. The van der Waals surface area contributed by atoms with Crippen molar-refractivity contribution in [3.63, 3.8) is 0 Å². The number of ether oxygens (including phenoxy) is 3. The number of rotatable bonds is 4. The Hall–Kier alpha value is -2.84. The predicted molar refractivity (Wildman–Crippen MR) is 112 cm³/mol. The molecule has 0 aliphatic carbocycles. The lowest BCUT2D eigenvalue weighted by Gasteiger charge is -2.40. The Bertz CT molecular complexity index is 908. The molecule has 158 valence electrons. The average Bonchev–Trinajstić information content (AvgIpc) is 3.28. The van der Waals surface area contributed by atoms with Crippen LogP contribution in [0.2, 0.25) is 0 Å². The lowest BCUT2D eigenvalue weighted by atomic mass is 10.0. The van der Waals surface area contributed by atoms with E-state index in [0.717, 1.165) is 58.1 Å². The normalized spacial score (nSPS) is 19.7. The van der Waals surface area contributed by atoms with Crippen LogP contribution in [-0.2, 0) is 4.74 Å². The van der Waals surface area contributed by atoms with Crippen LogP contribution in [0, 0.1) is 0 Å². The van der Waals surface area contributed by atoms with Crippen LogP contribution in [0.1, 0.15) is 23.2 Å². The zero-order valence-corrected chi connectivity index (χ0v) is 16.9. The number of aromatic nitrogens is 1. The molecule has 4 heterocycles. The molecule has 8 nitrogen and oxygen atoms in total. The molecular formula is C22H26N4O4. The summed E-state index contributed by atoms with van der Waals surface area (Å²) in [6.45, 7) is 5.83. The number of anilines is 2. The first kappa shape index (κ1) is 19.1. The molecule has 3 aliphatic heterocycles. The third kappa shape index (κ3) is 4.06. The van der Waals surface area contributed by atoms with Gasteiger partial charge in [0.2, 0.25) is 6.79 Å². The number of morpholine rings is 1. The first-order chi connectivity index (χ1) is 14.8. The molecule has 30 heavy (non-hydrogen) atoms. The second kappa shape index (κ2) is 8.49. The van der Waals surface area contributed by atoms with Gasteiger partial charge in [0.15, 0.2) is 11.5 Å². The molecule has 2 fully saturated rings. The zero-order valence-electron chi connectivity index (χ0n) is 16.9. The van der Waals surface area contributed by atoms with Crippen molar-refractivity contribution < 1.29 is 19.0 Å². The van der Waals surface area contributed by atoms with Gasteiger partial charge in [-0.2, -0.15) is 0 Å². The quantitative estimate of drug-likeness (QED) is 0.829. The summed E-state index contributed by atoms with van der Waals surface area (Å²) in [5, 5.41) is 2.93. The summed E-state index contributed by atoms with van der Waals surface area (Å²) in [4.78, 5) is 22.1. The van der Waals surface area contributed by atoms with Gasteiger partial charge in [-0.15, -0.1) is 0 Å². The molecule has 2 aromatic rings. The fraction of sp³-hybridized carbons (Fsp3) is 0.455. The summed E-state index contributed by atoms with van der Waals surface area (Å²) in [6, 6.07) is 9.61. The number of carbonyl (C=O) groups excluding carboxylic acids is 1. The molecule has 0 saturated carbocycles. The van der Waals surface area contributed by atoms with Gasteiger partial charge in [-0.05, 0) is 37.1 Å². The van der Waals surface area contributed by atoms with E-state index < -0.39 is 0 Å². The minimum atomic E-state index is -0.166. The zero-order chi connectivity index (χ0) is 20.3. The van der Waals surface area contributed by atoms with Crippen LogP contribution in [0.3, 0.4) is 0 Å². The van der Waals surface area contributed by atoms with Gasteiger partial charge in [-0.25, -0.2) is 4.98 Å². The summed E-state index contributed by atoms with van der Waals surface area (Å²) >= 11 is 0. The van der Waals surface area contributed by atoms with Crippen LogP contribution in [0.25, 0.3) is 0 Å². The Kier molecular flexibility index (Phi) is 5.42. The fourth-order valence-electron chi connectivity index (χ4n) is 4.31. The third-order valence-electron chi connectivity index (χ3n) is 5.99. The van der Waals surface area contributed by atoms with Crippen molar-refractivity contribution in [3.8, 4) is 11.5 Å². The highest BCUT2D eigenvalue weighted by molar-refractivity contribution is 6.04. The molecule has 1 N–H and O–H groups in total. The number of piperidine rings is 1. The summed E-state index contributed by atoms with van der Waals surface area (Å²) in [5.74, 6) is 2.03. The van der Waals surface area contributed by atoms with E-state index in [2.05, 4.69) is 20.1 Å². The summed E-state index contributed by atoms with van der Waals surface area (Å²) in [7, 11) is 0. The van der Waals surface area contributed by atoms with Crippen molar-refractivity contribution in [2.24, 2.45) is 0 Å². The van der Waals surface area contributed by atoms with Crippen molar-refractivity contribution in [1.82, 2.24) is 9.88 Å². The Labute approximate surface area is 175 Å². The lowest BCUT2D eigenvalue weighted by Crippen LogP contribution is -2.49. The number of nitrogens with one attached hydrogen (secondary N) is 1. The van der Waals surface area contributed by atoms with Crippen molar-refractivity contribution in [2.45, 2.75) is 18.9 Å². The molecule has 0 atom stereocenters. The molecule has 8 heteroatoms. The number of carbonyl (C=O) groups is 1. The Morgan fingerprint density at radius 2 is 1.80 bits per heavy atom. The molecule has 1 aromatic heterocycles. The number of hydrogen-bond acceptors (Lipinski definition) is 7. The lowest BCUT2D eigenvalue weighted by molar-refractivity contribution is 0.0115. The minimum Gasteiger partial charge on any atom is -0.454 e. The number of hydrogen-bond donors (Lipinski definition) is 1. The van der Waals surface area contributed by atoms with E-state index in [0.29, 0.717) is 28.8 Å². The summed E-state index contributed by atoms with van der Waals surface area (Å²) in [6.07, 6.45) is 3.92. The molecule has 1 aromatic carbocycles. The number of amides is 1. The van der Waals surface area contributed by atoms with Crippen LogP contribution in [0.5, 0.6) is 11.5 Å². The van der Waals surface area contributed by atoms with Crippen LogP contribution < -0.4 is 19.7 Å². The highest BCUT2D eigenvalue weighted by Gasteiger charge is 2.26. The van der Waals surface area contributed by atoms with Gasteiger partial charge >= 0.3 is 0 Å². The molecule has 0 radical (unpaired) electrons. The highest BCUT2D eigenvalue weighted by Crippen LogP contribution is 2.34. The largest absolute Gasteiger partial charge is 0.454 e. The van der Waals surface area contributed by atoms with E-state index in [9.17, 15) is 4.79 Å². The van der Waals surface area contributed by atoms with Gasteiger partial charge in [-0.1, -0.05) is 0 Å². The Morgan fingerprint density at radius 1 is 1.00 bits per heavy atom. The van der Waals surface area contributed by atoms with Gasteiger partial charge in [0.1, 0.15) is 5.82 Å². The van der Waals surface area contributed by atoms with Crippen LogP contribution in [0.15, 0.2) is 36.5 Å². The Morgan fingerprint density at radius 3 is 2.63 bits per heavy atom. The SMILES string of the molecule is O=C(Nc1ccc2c(c1)OCO2)c1ccnc(N2CCC(N3CCOCC3)CC2)c1. The number of nitrogens with zero attached hydrogens (tertiary/aromatic N) is 3. The Balaban J connectivity index is 1.21. The molecule has 0 unspecified atom stereocenters. The molecule has 0 bridgehead atoms. The van der Waals surface area contributed by atoms with E-state index in [1.807, 2.05) is 12.1 Å². The molecule has 5 rings (SSSR count). The van der Waals surface area contributed by atoms with Crippen molar-refractivity contribution in [1.29, 1.82) is 0 Å². The van der Waals surface area contributed by atoms with E-state index in [1.165, 1.54) is 0 Å². The number of benzene rings is 1. The third-order valence-corrected chi connectivity index (χ3v) is 5.99. The number of pyridine rings is 1. The summed E-state index contributed by atoms with van der Waals surface area (Å²) < 4.78 is 16.2. The van der Waals surface area contributed by atoms with Gasteiger partial charge < -0.3 is 24.4 Å². The first-order valence-corrected chi connectivity index (χ1v) is 10.5. The maximum Gasteiger partial charge on any atom is 0.255 e. The fourth-order valence-corrected chi connectivity index (χ4v) is 4.31. The molecule has 1 amide bonds. The van der Waals surface area contributed by atoms with E-state index >= 15 is 0 Å². The second-order valence-corrected chi connectivity index (χ2v) is 7.79. The van der Waals surface area contributed by atoms with Crippen LogP contribution in [-0.4, -0.2) is 68.0 Å². The average molecular weight is 410 g/mol. The van der Waals surface area contributed by atoms with Crippen LogP contribution >= 0.6 is 0 Å². The molecule has 0 spiro atoms. The molecule has 2 saturated heterocycles. The number of fused-ring (bicyclic) bond motifs is 1. The molecule has 3 aliphatic rings. The van der Waals surface area contributed by atoms with Crippen LogP contribution in [0.4, 0.5) is 11.5 Å². The maximum atomic E-state index is 12.8. The highest BCUT2D eigenvalue weighted by atomic mass is 16.7. The smallest absolute Gasteiger partial charge is 0.255 e.